The molecule has 2 aromatic rings. The Balaban J connectivity index is 1.92. The maximum Gasteiger partial charge on any atom is 0.343 e. The molecule has 0 spiro atoms. The molecule has 0 aliphatic carbocycles. The summed E-state index contributed by atoms with van der Waals surface area (Å²) < 4.78 is 9.41. The van der Waals surface area contributed by atoms with E-state index in [4.69, 9.17) is 10.5 Å². The van der Waals surface area contributed by atoms with E-state index in [0.29, 0.717) is 5.82 Å². The predicted octanol–water partition coefficient (Wildman–Crippen LogP) is 0.954. The van der Waals surface area contributed by atoms with Gasteiger partial charge in [-0.05, 0) is 6.92 Å². The first-order chi connectivity index (χ1) is 10.6. The Kier molecular flexibility index (Phi) is 5.31. The molecule has 0 aliphatic heterocycles. The van der Waals surface area contributed by atoms with Crippen LogP contribution in [0.15, 0.2) is 28.2 Å². The molecule has 22 heavy (non-hydrogen) atoms. The summed E-state index contributed by atoms with van der Waals surface area (Å²) in [6.45, 7) is 1.92. The molecule has 2 aromatic heterocycles. The molecule has 10 heteroatoms. The number of ether oxygens (including phenoxy) is 1. The zero-order chi connectivity index (χ0) is 15.9. The third kappa shape index (κ3) is 4.19. The third-order valence-electron chi connectivity index (χ3n) is 2.33. The fraction of sp³-hybridized carbons (Fsp3) is 0.250. The van der Waals surface area contributed by atoms with Gasteiger partial charge in [-0.3, -0.25) is 4.79 Å². The number of carbonyl (C=O) groups excluding carboxylic acids is 2. The normalized spacial score (nSPS) is 10.2. The largest absolute Gasteiger partial charge is 0.462 e. The monoisotopic (exact) mass is 323 g/mol. The van der Waals surface area contributed by atoms with Crippen molar-refractivity contribution in [3.05, 3.63) is 24.1 Å². The lowest BCUT2D eigenvalue weighted by molar-refractivity contribution is -0.113. The van der Waals surface area contributed by atoms with Crippen LogP contribution in [0.3, 0.4) is 0 Å². The second-order valence-corrected chi connectivity index (χ2v) is 4.84. The number of nitrogen functional groups attached to an aromatic ring is 1. The van der Waals surface area contributed by atoms with Crippen molar-refractivity contribution in [2.75, 3.05) is 23.4 Å². The summed E-state index contributed by atoms with van der Waals surface area (Å²) in [4.78, 5) is 31.1. The van der Waals surface area contributed by atoms with Crippen molar-refractivity contribution in [1.82, 2.24) is 15.1 Å². The number of anilines is 2. The number of nitrogens with two attached hydrogens (primary N) is 1. The molecule has 0 bridgehead atoms. The van der Waals surface area contributed by atoms with E-state index in [1.807, 2.05) is 0 Å². The highest BCUT2D eigenvalue weighted by Gasteiger charge is 2.14. The van der Waals surface area contributed by atoms with Crippen molar-refractivity contribution in [3.63, 3.8) is 0 Å². The summed E-state index contributed by atoms with van der Waals surface area (Å²) in [5.74, 6) is -0.488. The number of esters is 1. The molecule has 1 amide bonds. The van der Waals surface area contributed by atoms with Gasteiger partial charge in [0.1, 0.15) is 17.6 Å². The van der Waals surface area contributed by atoms with Crippen molar-refractivity contribution in [2.24, 2.45) is 0 Å². The van der Waals surface area contributed by atoms with Gasteiger partial charge < -0.3 is 20.3 Å². The lowest BCUT2D eigenvalue weighted by Crippen LogP contribution is -2.15. The molecule has 9 nitrogen and oxygen atoms in total. The summed E-state index contributed by atoms with van der Waals surface area (Å²) in [6.07, 6.45) is 2.62. The fourth-order valence-corrected chi connectivity index (χ4v) is 2.02. The van der Waals surface area contributed by atoms with E-state index in [1.54, 1.807) is 6.92 Å². The molecule has 0 atom stereocenters. The maximum absolute atomic E-state index is 11.7. The molecule has 0 unspecified atom stereocenters. The van der Waals surface area contributed by atoms with E-state index in [-0.39, 0.29) is 34.8 Å². The van der Waals surface area contributed by atoms with E-state index in [0.717, 1.165) is 11.8 Å². The van der Waals surface area contributed by atoms with Gasteiger partial charge in [0.2, 0.25) is 5.91 Å². The predicted molar refractivity (Wildman–Crippen MR) is 78.3 cm³/mol. The molecule has 0 saturated carbocycles. The zero-order valence-corrected chi connectivity index (χ0v) is 12.4. The van der Waals surface area contributed by atoms with Gasteiger partial charge in [-0.2, -0.15) is 0 Å². The van der Waals surface area contributed by atoms with E-state index < -0.39 is 5.97 Å². The van der Waals surface area contributed by atoms with Crippen molar-refractivity contribution in [1.29, 1.82) is 0 Å². The number of nitrogens with zero attached hydrogens (tertiary/aromatic N) is 3. The van der Waals surface area contributed by atoms with Gasteiger partial charge in [-0.25, -0.2) is 14.8 Å². The van der Waals surface area contributed by atoms with Gasteiger partial charge >= 0.3 is 5.97 Å². The average molecular weight is 323 g/mol. The summed E-state index contributed by atoms with van der Waals surface area (Å²) in [7, 11) is 0. The summed E-state index contributed by atoms with van der Waals surface area (Å²) in [5.41, 5.74) is 5.78. The number of hydrogen-bond donors (Lipinski definition) is 2. The smallest absolute Gasteiger partial charge is 0.343 e. The number of hydrogen-bond acceptors (Lipinski definition) is 9. The minimum Gasteiger partial charge on any atom is -0.462 e. The van der Waals surface area contributed by atoms with Gasteiger partial charge in [0.15, 0.2) is 11.0 Å². The maximum atomic E-state index is 11.7. The average Bonchev–Trinajstić information content (AvgIpc) is 2.98. The van der Waals surface area contributed by atoms with Gasteiger partial charge in [0, 0.05) is 12.3 Å². The Morgan fingerprint density at radius 3 is 2.95 bits per heavy atom. The fourth-order valence-electron chi connectivity index (χ4n) is 1.40. The van der Waals surface area contributed by atoms with Crippen LogP contribution >= 0.6 is 11.8 Å². The van der Waals surface area contributed by atoms with Crippen molar-refractivity contribution in [2.45, 2.75) is 12.1 Å². The SMILES string of the molecule is CCOC(=O)c1cnc(SCC(=O)Nc2ccon2)nc1N. The number of aromatic nitrogens is 3. The molecule has 0 aromatic carbocycles. The number of thioether (sulfide) groups is 1. The molecular weight excluding hydrogens is 310 g/mol. The Hall–Kier alpha value is -2.62. The van der Waals surface area contributed by atoms with Crippen LogP contribution in [0.1, 0.15) is 17.3 Å². The minimum atomic E-state index is -0.583. The molecule has 3 N–H and O–H groups in total. The van der Waals surface area contributed by atoms with E-state index >= 15 is 0 Å². The molecule has 0 aliphatic rings. The third-order valence-corrected chi connectivity index (χ3v) is 3.19. The van der Waals surface area contributed by atoms with Crippen LogP contribution in [0.25, 0.3) is 0 Å². The Morgan fingerprint density at radius 1 is 1.50 bits per heavy atom. The topological polar surface area (TPSA) is 133 Å². The van der Waals surface area contributed by atoms with Gasteiger partial charge in [0.05, 0.1) is 12.4 Å². The standard InChI is InChI=1S/C12H13N5O4S/c1-2-20-11(19)7-5-14-12(16-10(7)13)22-6-9(18)15-8-3-4-21-17-8/h3-5H,2,6H2,1H3,(H2,13,14,16)(H,15,17,18). The quantitative estimate of drug-likeness (QED) is 0.452. The first-order valence-electron chi connectivity index (χ1n) is 6.22. The minimum absolute atomic E-state index is 0.00728. The molecular formula is C12H13N5O4S. The molecule has 0 fully saturated rings. The van der Waals surface area contributed by atoms with Crippen LogP contribution in [-0.4, -0.2) is 39.4 Å². The second-order valence-electron chi connectivity index (χ2n) is 3.89. The van der Waals surface area contributed by atoms with Crippen LogP contribution < -0.4 is 11.1 Å². The van der Waals surface area contributed by atoms with E-state index in [1.165, 1.54) is 18.5 Å². The Morgan fingerprint density at radius 2 is 2.32 bits per heavy atom. The van der Waals surface area contributed by atoms with Gasteiger partial charge in [-0.15, -0.1) is 0 Å². The summed E-state index contributed by atoms with van der Waals surface area (Å²) in [5, 5.41) is 6.36. The number of rotatable bonds is 6. The van der Waals surface area contributed by atoms with E-state index in [9.17, 15) is 9.59 Å². The van der Waals surface area contributed by atoms with Crippen LogP contribution in [0.2, 0.25) is 0 Å². The van der Waals surface area contributed by atoms with Crippen LogP contribution in [-0.2, 0) is 9.53 Å². The second kappa shape index (κ2) is 7.41. The summed E-state index contributed by atoms with van der Waals surface area (Å²) >= 11 is 1.07. The first kappa shape index (κ1) is 15.8. The lowest BCUT2D eigenvalue weighted by atomic mass is 10.3. The Bertz CT molecular complexity index is 662. The van der Waals surface area contributed by atoms with Gasteiger partial charge in [0.25, 0.3) is 0 Å². The molecule has 2 heterocycles. The lowest BCUT2D eigenvalue weighted by Gasteiger charge is -2.05. The molecule has 0 saturated heterocycles. The van der Waals surface area contributed by atoms with Crippen LogP contribution in [0.5, 0.6) is 0 Å². The highest BCUT2D eigenvalue weighted by atomic mass is 32.2. The molecule has 2 rings (SSSR count). The number of amides is 1. The summed E-state index contributed by atoms with van der Waals surface area (Å²) in [6, 6.07) is 1.52. The molecule has 0 radical (unpaired) electrons. The highest BCUT2D eigenvalue weighted by Crippen LogP contribution is 2.17. The highest BCUT2D eigenvalue weighted by molar-refractivity contribution is 7.99. The zero-order valence-electron chi connectivity index (χ0n) is 11.6. The van der Waals surface area contributed by atoms with Gasteiger partial charge in [-0.1, -0.05) is 16.9 Å². The first-order valence-corrected chi connectivity index (χ1v) is 7.21. The van der Waals surface area contributed by atoms with Crippen molar-refractivity contribution < 1.29 is 18.8 Å². The Labute approximate surface area is 129 Å². The van der Waals surface area contributed by atoms with E-state index in [2.05, 4.69) is 25.0 Å². The van der Waals surface area contributed by atoms with Crippen molar-refractivity contribution in [3.8, 4) is 0 Å². The molecule has 116 valence electrons. The number of carbonyl (C=O) groups is 2. The van der Waals surface area contributed by atoms with Crippen molar-refractivity contribution >= 4 is 35.3 Å². The van der Waals surface area contributed by atoms with Crippen LogP contribution in [0.4, 0.5) is 11.6 Å². The number of nitrogens with one attached hydrogen (secondary N) is 1. The van der Waals surface area contributed by atoms with Crippen LogP contribution in [0, 0.1) is 0 Å².